The number of nitrogens with two attached hydrogens (primary N) is 1. The normalized spacial score (nSPS) is 15.2. The second-order valence-electron chi connectivity index (χ2n) is 7.19. The molecule has 5 rings (SSSR count). The Morgan fingerprint density at radius 3 is 2.86 bits per heavy atom. The third-order valence-corrected chi connectivity index (χ3v) is 5.23. The van der Waals surface area contributed by atoms with Gasteiger partial charge in [0.1, 0.15) is 17.0 Å². The number of hydrogen-bond donors (Lipinski definition) is 1. The Morgan fingerprint density at radius 2 is 2.00 bits per heavy atom. The van der Waals surface area contributed by atoms with Gasteiger partial charge in [-0.1, -0.05) is 17.3 Å². The fraction of sp³-hybridized carbons (Fsp3) is 0.368. The molecule has 1 fully saturated rings. The molecule has 4 aromatic rings. The van der Waals surface area contributed by atoms with E-state index in [0.29, 0.717) is 23.3 Å². The van der Waals surface area contributed by atoms with Gasteiger partial charge in [-0.2, -0.15) is 4.68 Å². The van der Waals surface area contributed by atoms with Gasteiger partial charge in [0, 0.05) is 26.7 Å². The van der Waals surface area contributed by atoms with Gasteiger partial charge in [0.15, 0.2) is 11.6 Å². The number of nitrogens with zero attached hydrogens (tertiary/aromatic N) is 8. The molecule has 4 heterocycles. The second kappa shape index (κ2) is 7.21. The zero-order chi connectivity index (χ0) is 19.8. The number of benzene rings is 1. The summed E-state index contributed by atoms with van der Waals surface area (Å²) in [5.41, 5.74) is 8.20. The van der Waals surface area contributed by atoms with Crippen LogP contribution in [-0.4, -0.2) is 52.9 Å². The van der Waals surface area contributed by atoms with Crippen LogP contribution >= 0.6 is 0 Å². The highest BCUT2D eigenvalue weighted by Gasteiger charge is 2.20. The molecule has 10 heteroatoms. The van der Waals surface area contributed by atoms with Gasteiger partial charge in [-0.25, -0.2) is 15.0 Å². The molecule has 0 unspecified atom stereocenters. The molecule has 148 valence electrons. The number of fused-ring (bicyclic) bond motifs is 1. The predicted octanol–water partition coefficient (Wildman–Crippen LogP) is 1.56. The second-order valence-corrected chi connectivity index (χ2v) is 7.19. The van der Waals surface area contributed by atoms with Crippen molar-refractivity contribution >= 4 is 16.9 Å². The molecular formula is C19H21N9O. The van der Waals surface area contributed by atoms with Crippen molar-refractivity contribution in [3.05, 3.63) is 36.3 Å². The molecule has 0 bridgehead atoms. The lowest BCUT2D eigenvalue weighted by atomic mass is 9.96. The molecule has 0 aliphatic carbocycles. The minimum Gasteiger partial charge on any atom is -0.381 e. The highest BCUT2D eigenvalue weighted by atomic mass is 16.5. The van der Waals surface area contributed by atoms with Crippen molar-refractivity contribution in [2.24, 2.45) is 13.0 Å². The van der Waals surface area contributed by atoms with Crippen LogP contribution in [0.5, 0.6) is 0 Å². The van der Waals surface area contributed by atoms with Crippen molar-refractivity contribution in [2.45, 2.75) is 19.3 Å². The molecule has 0 spiro atoms. The summed E-state index contributed by atoms with van der Waals surface area (Å²) >= 11 is 0. The van der Waals surface area contributed by atoms with E-state index in [1.807, 2.05) is 36.0 Å². The Hall–Kier alpha value is -3.40. The van der Waals surface area contributed by atoms with Gasteiger partial charge >= 0.3 is 0 Å². The van der Waals surface area contributed by atoms with E-state index in [-0.39, 0.29) is 5.82 Å². The van der Waals surface area contributed by atoms with Gasteiger partial charge in [0.2, 0.25) is 5.82 Å². The molecule has 29 heavy (non-hydrogen) atoms. The molecule has 10 nitrogen and oxygen atoms in total. The number of ether oxygens (including phenoxy) is 1. The minimum atomic E-state index is 0.266. The summed E-state index contributed by atoms with van der Waals surface area (Å²) in [5.74, 6) is 2.69. The minimum absolute atomic E-state index is 0.266. The average Bonchev–Trinajstić information content (AvgIpc) is 3.33. The van der Waals surface area contributed by atoms with Crippen LogP contribution in [0, 0.1) is 5.92 Å². The van der Waals surface area contributed by atoms with Gasteiger partial charge < -0.3 is 10.5 Å². The Bertz CT molecular complexity index is 1160. The molecule has 0 amide bonds. The third kappa shape index (κ3) is 3.31. The van der Waals surface area contributed by atoms with E-state index in [9.17, 15) is 0 Å². The SMILES string of the molecule is Cn1nc(-c2cnc(N)c(-n3nnc4ccccc43)n2)nc1CC1CCOCC1. The molecule has 1 aliphatic heterocycles. The molecule has 1 aromatic carbocycles. The quantitative estimate of drug-likeness (QED) is 0.556. The summed E-state index contributed by atoms with van der Waals surface area (Å²) in [4.78, 5) is 13.7. The summed E-state index contributed by atoms with van der Waals surface area (Å²) in [6.45, 7) is 1.63. The summed E-state index contributed by atoms with van der Waals surface area (Å²) in [7, 11) is 1.90. The van der Waals surface area contributed by atoms with E-state index in [1.165, 1.54) is 0 Å². The van der Waals surface area contributed by atoms with Crippen LogP contribution in [0.1, 0.15) is 18.7 Å². The van der Waals surface area contributed by atoms with E-state index < -0.39 is 0 Å². The van der Waals surface area contributed by atoms with Crippen LogP contribution in [0.2, 0.25) is 0 Å². The smallest absolute Gasteiger partial charge is 0.201 e. The van der Waals surface area contributed by atoms with Crippen LogP contribution in [0.15, 0.2) is 30.5 Å². The first kappa shape index (κ1) is 17.7. The predicted molar refractivity (Wildman–Crippen MR) is 106 cm³/mol. The summed E-state index contributed by atoms with van der Waals surface area (Å²) in [6, 6.07) is 7.62. The first-order valence-electron chi connectivity index (χ1n) is 9.60. The maximum absolute atomic E-state index is 6.09. The van der Waals surface area contributed by atoms with E-state index in [4.69, 9.17) is 15.5 Å². The molecule has 0 radical (unpaired) electrons. The Kier molecular flexibility index (Phi) is 4.39. The Balaban J connectivity index is 1.49. The monoisotopic (exact) mass is 391 g/mol. The largest absolute Gasteiger partial charge is 0.381 e. The molecule has 2 N–H and O–H groups in total. The van der Waals surface area contributed by atoms with Crippen molar-refractivity contribution in [3.8, 4) is 17.3 Å². The Labute approximate surface area is 166 Å². The number of rotatable bonds is 4. The lowest BCUT2D eigenvalue weighted by molar-refractivity contribution is 0.0657. The highest BCUT2D eigenvalue weighted by molar-refractivity contribution is 5.76. The van der Waals surface area contributed by atoms with Gasteiger partial charge in [0.05, 0.1) is 11.7 Å². The fourth-order valence-corrected chi connectivity index (χ4v) is 3.59. The zero-order valence-electron chi connectivity index (χ0n) is 16.1. The molecule has 0 atom stereocenters. The third-order valence-electron chi connectivity index (χ3n) is 5.23. The summed E-state index contributed by atoms with van der Waals surface area (Å²) in [6.07, 6.45) is 4.56. The lowest BCUT2D eigenvalue weighted by Crippen LogP contribution is -2.19. The number of aryl methyl sites for hydroxylation is 1. The topological polar surface area (TPSA) is 122 Å². The fourth-order valence-electron chi connectivity index (χ4n) is 3.59. The van der Waals surface area contributed by atoms with Crippen molar-refractivity contribution in [3.63, 3.8) is 0 Å². The van der Waals surface area contributed by atoms with Gasteiger partial charge in [-0.15, -0.1) is 10.2 Å². The molecule has 1 aliphatic rings. The number of anilines is 1. The standard InChI is InChI=1S/C19H21N9O/c1-27-16(10-12-6-8-29-9-7-12)23-18(25-27)14-11-21-17(20)19(22-14)28-15-5-3-2-4-13(15)24-26-28/h2-5,11-12H,6-10H2,1H3,(H2,20,21). The maximum Gasteiger partial charge on any atom is 0.201 e. The van der Waals surface area contributed by atoms with Crippen molar-refractivity contribution in [1.29, 1.82) is 0 Å². The molecule has 1 saturated heterocycles. The number of aromatic nitrogens is 8. The van der Waals surface area contributed by atoms with Crippen LogP contribution in [-0.2, 0) is 18.2 Å². The van der Waals surface area contributed by atoms with Crippen molar-refractivity contribution in [2.75, 3.05) is 18.9 Å². The summed E-state index contributed by atoms with van der Waals surface area (Å²) < 4.78 is 8.85. The molecule has 0 saturated carbocycles. The van der Waals surface area contributed by atoms with Gasteiger partial charge in [-0.3, -0.25) is 4.68 Å². The van der Waals surface area contributed by atoms with Crippen molar-refractivity contribution in [1.82, 2.24) is 39.7 Å². The van der Waals surface area contributed by atoms with Crippen LogP contribution in [0.3, 0.4) is 0 Å². The summed E-state index contributed by atoms with van der Waals surface area (Å²) in [5, 5.41) is 12.9. The molecular weight excluding hydrogens is 370 g/mol. The first-order valence-corrected chi connectivity index (χ1v) is 9.60. The number of para-hydroxylation sites is 1. The van der Waals surface area contributed by atoms with Gasteiger partial charge in [0.25, 0.3) is 0 Å². The van der Waals surface area contributed by atoms with Gasteiger partial charge in [-0.05, 0) is 30.9 Å². The molecule has 3 aromatic heterocycles. The van der Waals surface area contributed by atoms with Crippen LogP contribution in [0.4, 0.5) is 5.82 Å². The first-order chi connectivity index (χ1) is 14.2. The van der Waals surface area contributed by atoms with Crippen LogP contribution in [0.25, 0.3) is 28.4 Å². The number of hydrogen-bond acceptors (Lipinski definition) is 8. The highest BCUT2D eigenvalue weighted by Crippen LogP contribution is 2.23. The van der Waals surface area contributed by atoms with E-state index >= 15 is 0 Å². The van der Waals surface area contributed by atoms with Crippen molar-refractivity contribution < 1.29 is 4.74 Å². The maximum atomic E-state index is 6.09. The number of nitrogen functional groups attached to an aromatic ring is 1. The van der Waals surface area contributed by atoms with E-state index in [2.05, 4.69) is 25.4 Å². The lowest BCUT2D eigenvalue weighted by Gasteiger charge is -2.21. The Morgan fingerprint density at radius 1 is 1.17 bits per heavy atom. The van der Waals surface area contributed by atoms with Crippen LogP contribution < -0.4 is 5.73 Å². The van der Waals surface area contributed by atoms with E-state index in [1.54, 1.807) is 10.9 Å². The zero-order valence-corrected chi connectivity index (χ0v) is 16.1. The van der Waals surface area contributed by atoms with E-state index in [0.717, 1.165) is 49.3 Å². The average molecular weight is 391 g/mol.